The molecule has 20 heavy (non-hydrogen) atoms. The maximum absolute atomic E-state index is 11.8. The fourth-order valence-corrected chi connectivity index (χ4v) is 3.43. The number of hydrogen-bond acceptors (Lipinski definition) is 2. The van der Waals surface area contributed by atoms with Crippen LogP contribution in [0.4, 0.5) is 0 Å². The van der Waals surface area contributed by atoms with Crippen LogP contribution >= 0.6 is 0 Å². The number of nitrogens with zero attached hydrogens (tertiary/aromatic N) is 1. The Kier molecular flexibility index (Phi) is 4.19. The first-order valence-electron chi connectivity index (χ1n) is 7.49. The molecule has 1 fully saturated rings. The lowest BCUT2D eigenvalue weighted by atomic mass is 9.90. The summed E-state index contributed by atoms with van der Waals surface area (Å²) < 4.78 is 0. The van der Waals surface area contributed by atoms with Gasteiger partial charge in [-0.15, -0.1) is 0 Å². The molecule has 3 heteroatoms. The highest BCUT2D eigenvalue weighted by Gasteiger charge is 2.48. The average Bonchev–Trinajstić information content (AvgIpc) is 2.86. The van der Waals surface area contributed by atoms with Gasteiger partial charge in [0.2, 0.25) is 0 Å². The molecule has 1 aliphatic heterocycles. The number of likely N-dealkylation sites (tertiary alicyclic amines) is 1. The second-order valence-electron chi connectivity index (χ2n) is 6.01. The van der Waals surface area contributed by atoms with Gasteiger partial charge >= 0.3 is 5.97 Å². The van der Waals surface area contributed by atoms with E-state index in [9.17, 15) is 9.90 Å². The van der Waals surface area contributed by atoms with Crippen molar-refractivity contribution in [3.63, 3.8) is 0 Å². The zero-order valence-corrected chi connectivity index (χ0v) is 12.9. The lowest BCUT2D eigenvalue weighted by Gasteiger charge is -2.38. The Morgan fingerprint density at radius 2 is 2.10 bits per heavy atom. The Labute approximate surface area is 121 Å². The minimum absolute atomic E-state index is 0.146. The molecular weight excluding hydrogens is 250 g/mol. The molecule has 0 radical (unpaired) electrons. The van der Waals surface area contributed by atoms with Crippen molar-refractivity contribution in [2.75, 3.05) is 6.54 Å². The Morgan fingerprint density at radius 1 is 1.40 bits per heavy atom. The number of aryl methyl sites for hydroxylation is 2. The Morgan fingerprint density at radius 3 is 2.65 bits per heavy atom. The van der Waals surface area contributed by atoms with E-state index < -0.39 is 11.5 Å². The number of rotatable bonds is 4. The van der Waals surface area contributed by atoms with Gasteiger partial charge < -0.3 is 5.11 Å². The molecule has 0 amide bonds. The van der Waals surface area contributed by atoms with Crippen molar-refractivity contribution in [1.82, 2.24) is 4.90 Å². The SMILES string of the molecule is CCC1(C(=O)O)CCCN1C(C)c1ccc(C)c(C)c1. The molecular formula is C17H25NO2. The third-order valence-corrected chi connectivity index (χ3v) is 5.00. The maximum atomic E-state index is 11.8. The molecule has 2 atom stereocenters. The molecule has 0 bridgehead atoms. The highest BCUT2D eigenvalue weighted by atomic mass is 16.4. The van der Waals surface area contributed by atoms with E-state index in [1.807, 2.05) is 6.92 Å². The van der Waals surface area contributed by atoms with E-state index >= 15 is 0 Å². The van der Waals surface area contributed by atoms with Gasteiger partial charge in [-0.25, -0.2) is 0 Å². The van der Waals surface area contributed by atoms with Crippen LogP contribution in [-0.2, 0) is 4.79 Å². The van der Waals surface area contributed by atoms with Crippen LogP contribution in [0.25, 0.3) is 0 Å². The summed E-state index contributed by atoms with van der Waals surface area (Å²) in [5, 5.41) is 9.69. The van der Waals surface area contributed by atoms with Gasteiger partial charge in [0.25, 0.3) is 0 Å². The minimum Gasteiger partial charge on any atom is -0.480 e. The number of carboxylic acid groups (broad SMARTS) is 1. The van der Waals surface area contributed by atoms with Crippen molar-refractivity contribution in [1.29, 1.82) is 0 Å². The van der Waals surface area contributed by atoms with Crippen LogP contribution in [0.3, 0.4) is 0 Å². The van der Waals surface area contributed by atoms with E-state index in [-0.39, 0.29) is 6.04 Å². The van der Waals surface area contributed by atoms with Gasteiger partial charge in [0, 0.05) is 6.04 Å². The van der Waals surface area contributed by atoms with Crippen molar-refractivity contribution >= 4 is 5.97 Å². The fraction of sp³-hybridized carbons (Fsp3) is 0.588. The summed E-state index contributed by atoms with van der Waals surface area (Å²) in [6.07, 6.45) is 2.39. The molecule has 1 saturated heterocycles. The summed E-state index contributed by atoms with van der Waals surface area (Å²) in [7, 11) is 0. The molecule has 0 saturated carbocycles. The predicted molar refractivity (Wildman–Crippen MR) is 80.9 cm³/mol. The second kappa shape index (κ2) is 5.57. The van der Waals surface area contributed by atoms with E-state index in [1.54, 1.807) is 0 Å². The van der Waals surface area contributed by atoms with Crippen LogP contribution in [-0.4, -0.2) is 28.1 Å². The summed E-state index contributed by atoms with van der Waals surface area (Å²) >= 11 is 0. The van der Waals surface area contributed by atoms with Crippen LogP contribution in [0.1, 0.15) is 55.8 Å². The normalized spacial score (nSPS) is 24.8. The molecule has 0 spiro atoms. The van der Waals surface area contributed by atoms with E-state index in [0.29, 0.717) is 6.42 Å². The molecule has 3 nitrogen and oxygen atoms in total. The zero-order chi connectivity index (χ0) is 14.9. The standard InChI is InChI=1S/C17H25NO2/c1-5-17(16(19)20)9-6-10-18(17)14(4)15-8-7-12(2)13(3)11-15/h7-8,11,14H,5-6,9-10H2,1-4H3,(H,19,20). The van der Waals surface area contributed by atoms with E-state index in [0.717, 1.165) is 19.4 Å². The van der Waals surface area contributed by atoms with E-state index in [2.05, 4.69) is 43.9 Å². The van der Waals surface area contributed by atoms with Crippen molar-refractivity contribution in [3.05, 3.63) is 34.9 Å². The van der Waals surface area contributed by atoms with Gasteiger partial charge in [0.05, 0.1) is 0 Å². The summed E-state index contributed by atoms with van der Waals surface area (Å²) in [5.41, 5.74) is 3.08. The monoisotopic (exact) mass is 275 g/mol. The topological polar surface area (TPSA) is 40.5 Å². The highest BCUT2D eigenvalue weighted by Crippen LogP contribution is 2.39. The summed E-state index contributed by atoms with van der Waals surface area (Å²) in [6.45, 7) is 9.20. The molecule has 1 aliphatic rings. The van der Waals surface area contributed by atoms with Crippen LogP contribution in [0.15, 0.2) is 18.2 Å². The first-order chi connectivity index (χ1) is 9.42. The summed E-state index contributed by atoms with van der Waals surface area (Å²) in [4.78, 5) is 14.0. The highest BCUT2D eigenvalue weighted by molar-refractivity contribution is 5.79. The summed E-state index contributed by atoms with van der Waals surface area (Å²) in [6, 6.07) is 6.60. The van der Waals surface area contributed by atoms with Crippen LogP contribution in [0.2, 0.25) is 0 Å². The second-order valence-corrected chi connectivity index (χ2v) is 6.01. The predicted octanol–water partition coefficient (Wildman–Crippen LogP) is 3.69. The number of aliphatic carboxylic acids is 1. The minimum atomic E-state index is -0.682. The average molecular weight is 275 g/mol. The quantitative estimate of drug-likeness (QED) is 0.911. The third-order valence-electron chi connectivity index (χ3n) is 5.00. The van der Waals surface area contributed by atoms with Crippen molar-refractivity contribution in [3.8, 4) is 0 Å². The molecule has 2 rings (SSSR count). The van der Waals surface area contributed by atoms with Gasteiger partial charge in [-0.3, -0.25) is 9.69 Å². The van der Waals surface area contributed by atoms with Crippen LogP contribution < -0.4 is 0 Å². The molecule has 110 valence electrons. The number of carboxylic acids is 1. The Balaban J connectivity index is 2.34. The van der Waals surface area contributed by atoms with Gasteiger partial charge in [0.1, 0.15) is 5.54 Å². The molecule has 1 aromatic carbocycles. The Hall–Kier alpha value is -1.35. The van der Waals surface area contributed by atoms with Gasteiger partial charge in [-0.05, 0) is 63.3 Å². The number of carbonyl (C=O) groups is 1. The van der Waals surface area contributed by atoms with Gasteiger partial charge in [-0.1, -0.05) is 25.1 Å². The summed E-state index contributed by atoms with van der Waals surface area (Å²) in [5.74, 6) is -0.673. The first-order valence-corrected chi connectivity index (χ1v) is 7.49. The first kappa shape index (κ1) is 15.0. The zero-order valence-electron chi connectivity index (χ0n) is 12.9. The van der Waals surface area contributed by atoms with Crippen molar-refractivity contribution < 1.29 is 9.90 Å². The molecule has 0 aromatic heterocycles. The van der Waals surface area contributed by atoms with Gasteiger partial charge in [-0.2, -0.15) is 0 Å². The maximum Gasteiger partial charge on any atom is 0.324 e. The van der Waals surface area contributed by atoms with E-state index in [1.165, 1.54) is 16.7 Å². The molecule has 1 heterocycles. The van der Waals surface area contributed by atoms with Crippen molar-refractivity contribution in [2.45, 2.75) is 58.5 Å². The smallest absolute Gasteiger partial charge is 0.324 e. The third kappa shape index (κ3) is 2.35. The van der Waals surface area contributed by atoms with Crippen LogP contribution in [0.5, 0.6) is 0 Å². The molecule has 1 aromatic rings. The van der Waals surface area contributed by atoms with Gasteiger partial charge in [0.15, 0.2) is 0 Å². The Bertz CT molecular complexity index is 512. The number of hydrogen-bond donors (Lipinski definition) is 1. The van der Waals surface area contributed by atoms with Crippen LogP contribution in [0, 0.1) is 13.8 Å². The van der Waals surface area contributed by atoms with Crippen molar-refractivity contribution in [2.24, 2.45) is 0 Å². The fourth-order valence-electron chi connectivity index (χ4n) is 3.43. The molecule has 0 aliphatic carbocycles. The molecule has 1 N–H and O–H groups in total. The molecule has 2 unspecified atom stereocenters. The lowest BCUT2D eigenvalue weighted by molar-refractivity contribution is -0.151. The van der Waals surface area contributed by atoms with E-state index in [4.69, 9.17) is 0 Å². The largest absolute Gasteiger partial charge is 0.480 e. The number of benzene rings is 1. The lowest BCUT2D eigenvalue weighted by Crippen LogP contribution is -2.50.